The number of rotatable bonds is 4. The van der Waals surface area contributed by atoms with Gasteiger partial charge in [-0.3, -0.25) is 9.36 Å². The Balaban J connectivity index is 2.57. The van der Waals surface area contributed by atoms with Crippen LogP contribution in [-0.4, -0.2) is 17.0 Å². The Morgan fingerprint density at radius 2 is 2.00 bits per heavy atom. The highest BCUT2D eigenvalue weighted by atomic mass is 31.1. The predicted molar refractivity (Wildman–Crippen MR) is 65.1 cm³/mol. The molecule has 0 saturated heterocycles. The van der Waals surface area contributed by atoms with E-state index in [0.717, 1.165) is 5.56 Å². The van der Waals surface area contributed by atoms with Gasteiger partial charge >= 0.3 is 0 Å². The fraction of sp³-hybridized carbons (Fsp3) is 0.364. The van der Waals surface area contributed by atoms with Crippen LogP contribution in [0.2, 0.25) is 0 Å². The number of amides is 1. The molecular weight excluding hydrogens is 225 g/mol. The molecule has 4 nitrogen and oxygen atoms in total. The SMILES string of the molecule is Cc1ccc(NC(=O)C(C)C[PH](=O)O)cc1. The van der Waals surface area contributed by atoms with Gasteiger partial charge in [0.05, 0.1) is 0 Å². The quantitative estimate of drug-likeness (QED) is 0.793. The van der Waals surface area contributed by atoms with Gasteiger partial charge in [-0.1, -0.05) is 24.6 Å². The molecule has 0 bridgehead atoms. The van der Waals surface area contributed by atoms with Crippen LogP contribution in [0.5, 0.6) is 0 Å². The molecule has 0 saturated carbocycles. The monoisotopic (exact) mass is 241 g/mol. The van der Waals surface area contributed by atoms with Gasteiger partial charge in [-0.15, -0.1) is 0 Å². The molecule has 2 unspecified atom stereocenters. The first-order valence-electron chi connectivity index (χ1n) is 5.08. The molecule has 1 rings (SSSR count). The summed E-state index contributed by atoms with van der Waals surface area (Å²) in [6.07, 6.45) is 0.0301. The maximum Gasteiger partial charge on any atom is 0.227 e. The zero-order valence-corrected chi connectivity index (χ0v) is 10.4. The summed E-state index contributed by atoms with van der Waals surface area (Å²) in [5, 5.41) is 2.70. The van der Waals surface area contributed by atoms with Gasteiger partial charge in [0, 0.05) is 17.8 Å². The van der Waals surface area contributed by atoms with Crippen LogP contribution >= 0.6 is 8.03 Å². The van der Waals surface area contributed by atoms with Gasteiger partial charge in [0.25, 0.3) is 0 Å². The van der Waals surface area contributed by atoms with Crippen LogP contribution in [0.4, 0.5) is 5.69 Å². The van der Waals surface area contributed by atoms with Gasteiger partial charge < -0.3 is 10.2 Å². The number of nitrogens with one attached hydrogen (secondary N) is 1. The van der Waals surface area contributed by atoms with E-state index < -0.39 is 13.9 Å². The molecule has 0 spiro atoms. The Kier molecular flexibility index (Phi) is 4.71. The summed E-state index contributed by atoms with van der Waals surface area (Å²) in [4.78, 5) is 20.3. The zero-order chi connectivity index (χ0) is 12.1. The second-order valence-electron chi connectivity index (χ2n) is 3.85. The van der Waals surface area contributed by atoms with Gasteiger partial charge in [0.2, 0.25) is 5.91 Å². The van der Waals surface area contributed by atoms with Gasteiger partial charge in [-0.05, 0) is 19.1 Å². The Hall–Kier alpha value is -1.12. The van der Waals surface area contributed by atoms with Crippen LogP contribution in [0.3, 0.4) is 0 Å². The second kappa shape index (κ2) is 5.83. The third-order valence-corrected chi connectivity index (χ3v) is 3.21. The number of aryl methyl sites for hydroxylation is 1. The number of carbonyl (C=O) groups excluding carboxylic acids is 1. The minimum atomic E-state index is -2.59. The van der Waals surface area contributed by atoms with Crippen molar-refractivity contribution in [1.29, 1.82) is 0 Å². The lowest BCUT2D eigenvalue weighted by Gasteiger charge is -2.10. The largest absolute Gasteiger partial charge is 0.346 e. The lowest BCUT2D eigenvalue weighted by molar-refractivity contribution is -0.118. The highest BCUT2D eigenvalue weighted by Gasteiger charge is 2.14. The number of anilines is 1. The zero-order valence-electron chi connectivity index (χ0n) is 9.36. The molecular formula is C11H16NO3P. The van der Waals surface area contributed by atoms with E-state index >= 15 is 0 Å². The summed E-state index contributed by atoms with van der Waals surface area (Å²) < 4.78 is 10.6. The molecule has 1 amide bonds. The van der Waals surface area contributed by atoms with Crippen molar-refractivity contribution in [3.05, 3.63) is 29.8 Å². The molecule has 2 atom stereocenters. The van der Waals surface area contributed by atoms with Crippen molar-refractivity contribution in [2.75, 3.05) is 11.5 Å². The smallest absolute Gasteiger partial charge is 0.227 e. The van der Waals surface area contributed by atoms with Crippen molar-refractivity contribution >= 4 is 19.6 Å². The molecule has 88 valence electrons. The van der Waals surface area contributed by atoms with Crippen LogP contribution in [-0.2, 0) is 9.36 Å². The molecule has 16 heavy (non-hydrogen) atoms. The van der Waals surface area contributed by atoms with E-state index in [1.54, 1.807) is 6.92 Å². The molecule has 0 aliphatic heterocycles. The van der Waals surface area contributed by atoms with Crippen LogP contribution < -0.4 is 5.32 Å². The first kappa shape index (κ1) is 12.9. The number of carbonyl (C=O) groups is 1. The van der Waals surface area contributed by atoms with Crippen molar-refractivity contribution in [2.24, 2.45) is 5.92 Å². The average molecular weight is 241 g/mol. The summed E-state index contributed by atoms with van der Waals surface area (Å²) in [7, 11) is -2.59. The summed E-state index contributed by atoms with van der Waals surface area (Å²) >= 11 is 0. The summed E-state index contributed by atoms with van der Waals surface area (Å²) in [5.74, 6) is -0.672. The number of hydrogen-bond donors (Lipinski definition) is 2. The highest BCUT2D eigenvalue weighted by Crippen LogP contribution is 2.19. The molecule has 2 N–H and O–H groups in total. The maximum atomic E-state index is 11.6. The Morgan fingerprint density at radius 3 is 2.50 bits per heavy atom. The first-order valence-corrected chi connectivity index (χ1v) is 6.64. The van der Waals surface area contributed by atoms with E-state index in [-0.39, 0.29) is 12.1 Å². The second-order valence-corrected chi connectivity index (χ2v) is 5.05. The third kappa shape index (κ3) is 4.17. The Labute approximate surface area is 95.6 Å². The molecule has 0 radical (unpaired) electrons. The van der Waals surface area contributed by atoms with Crippen LogP contribution in [0.1, 0.15) is 12.5 Å². The lowest BCUT2D eigenvalue weighted by Crippen LogP contribution is -2.22. The average Bonchev–Trinajstić information content (AvgIpc) is 2.20. The minimum absolute atomic E-state index is 0.0301. The molecule has 0 aliphatic carbocycles. The Bertz CT molecular complexity index is 389. The molecule has 0 aliphatic rings. The lowest BCUT2D eigenvalue weighted by atomic mass is 10.2. The van der Waals surface area contributed by atoms with E-state index in [1.165, 1.54) is 0 Å². The van der Waals surface area contributed by atoms with Crippen molar-refractivity contribution in [1.82, 2.24) is 0 Å². The van der Waals surface area contributed by atoms with E-state index in [0.29, 0.717) is 5.69 Å². The fourth-order valence-corrected chi connectivity index (χ4v) is 1.97. The minimum Gasteiger partial charge on any atom is -0.346 e. The van der Waals surface area contributed by atoms with E-state index in [2.05, 4.69) is 5.32 Å². The molecule has 5 heteroatoms. The molecule has 0 heterocycles. The predicted octanol–water partition coefficient (Wildman–Crippen LogP) is 2.04. The molecule has 0 fully saturated rings. The van der Waals surface area contributed by atoms with E-state index in [1.807, 2.05) is 31.2 Å². The molecule has 0 aromatic heterocycles. The van der Waals surface area contributed by atoms with Crippen LogP contribution in [0.15, 0.2) is 24.3 Å². The van der Waals surface area contributed by atoms with Crippen molar-refractivity contribution in [2.45, 2.75) is 13.8 Å². The van der Waals surface area contributed by atoms with Gasteiger partial charge in [0.15, 0.2) is 8.03 Å². The van der Waals surface area contributed by atoms with Gasteiger partial charge in [-0.25, -0.2) is 0 Å². The summed E-state index contributed by atoms with van der Waals surface area (Å²) in [5.41, 5.74) is 1.83. The molecule has 1 aromatic carbocycles. The Morgan fingerprint density at radius 1 is 1.44 bits per heavy atom. The van der Waals surface area contributed by atoms with Gasteiger partial charge in [0.1, 0.15) is 0 Å². The molecule has 1 aromatic rings. The van der Waals surface area contributed by atoms with E-state index in [4.69, 9.17) is 4.89 Å². The summed E-state index contributed by atoms with van der Waals surface area (Å²) in [6, 6.07) is 7.41. The normalized spacial score (nSPS) is 14.2. The topological polar surface area (TPSA) is 66.4 Å². The maximum absolute atomic E-state index is 11.6. The van der Waals surface area contributed by atoms with Crippen LogP contribution in [0.25, 0.3) is 0 Å². The number of hydrogen-bond acceptors (Lipinski definition) is 2. The third-order valence-electron chi connectivity index (χ3n) is 2.25. The summed E-state index contributed by atoms with van der Waals surface area (Å²) in [6.45, 7) is 3.61. The first-order chi connectivity index (χ1) is 7.49. The number of benzene rings is 1. The highest BCUT2D eigenvalue weighted by molar-refractivity contribution is 7.38. The van der Waals surface area contributed by atoms with Crippen LogP contribution in [0, 0.1) is 12.8 Å². The van der Waals surface area contributed by atoms with Crippen molar-refractivity contribution in [3.8, 4) is 0 Å². The standard InChI is InChI=1S/C11H16NO3P/c1-8-3-5-10(6-4-8)12-11(13)9(2)7-16(14)15/h3-6,9,16H,7H2,1-2H3,(H,12,13)(H,14,15). The van der Waals surface area contributed by atoms with E-state index in [9.17, 15) is 9.36 Å². The van der Waals surface area contributed by atoms with Gasteiger partial charge in [-0.2, -0.15) is 0 Å². The van der Waals surface area contributed by atoms with Crippen molar-refractivity contribution in [3.63, 3.8) is 0 Å². The van der Waals surface area contributed by atoms with Crippen molar-refractivity contribution < 1.29 is 14.3 Å². The fourth-order valence-electron chi connectivity index (χ4n) is 1.26.